The minimum absolute atomic E-state index is 0.0265. The average molecular weight is 359 g/mol. The van der Waals surface area contributed by atoms with Gasteiger partial charge in [0.15, 0.2) is 5.96 Å². The second kappa shape index (κ2) is 9.22. The topological polar surface area (TPSA) is 56.7 Å². The molecule has 0 saturated carbocycles. The molecule has 0 aliphatic heterocycles. The first kappa shape index (κ1) is 19.0. The lowest BCUT2D eigenvalue weighted by Crippen LogP contribution is -2.37. The summed E-state index contributed by atoms with van der Waals surface area (Å²) < 4.78 is 0. The van der Waals surface area contributed by atoms with Crippen molar-refractivity contribution in [3.05, 3.63) is 57.3 Å². The van der Waals surface area contributed by atoms with Crippen molar-refractivity contribution in [3.63, 3.8) is 0 Å². The van der Waals surface area contributed by atoms with Crippen LogP contribution in [0.5, 0.6) is 0 Å². The fourth-order valence-electron chi connectivity index (χ4n) is 2.41. The Morgan fingerprint density at radius 1 is 1.24 bits per heavy atom. The monoisotopic (exact) mass is 358 g/mol. The third-order valence-corrected chi connectivity index (χ3v) is 4.92. The molecule has 0 aliphatic carbocycles. The Hall–Kier alpha value is -2.34. The molecule has 0 atom stereocenters. The fraction of sp³-hybridized carbons (Fsp3) is 0.368. The minimum atomic E-state index is 0.0265. The smallest absolute Gasteiger partial charge is 0.253 e. The molecule has 0 radical (unpaired) electrons. The molecule has 134 valence electrons. The van der Waals surface area contributed by atoms with Crippen molar-refractivity contribution in [2.45, 2.75) is 19.9 Å². The highest BCUT2D eigenvalue weighted by Gasteiger charge is 2.08. The number of aryl methyl sites for hydroxylation is 1. The standard InChI is InChI=1S/C19H26N4OS/c1-14-9-11-25-17(14)13-22-19(20-2)21-10-8-15-6-5-7-16(12-15)18(24)23(3)4/h5-7,9,11-12H,8,10,13H2,1-4H3,(H2,20,21,22). The molecule has 1 aromatic heterocycles. The van der Waals surface area contributed by atoms with E-state index in [4.69, 9.17) is 0 Å². The average Bonchev–Trinajstić information content (AvgIpc) is 3.02. The van der Waals surface area contributed by atoms with Crippen molar-refractivity contribution >= 4 is 23.2 Å². The predicted octanol–water partition coefficient (Wildman–Crippen LogP) is 2.67. The van der Waals surface area contributed by atoms with Gasteiger partial charge in [-0.3, -0.25) is 9.79 Å². The van der Waals surface area contributed by atoms with Crippen molar-refractivity contribution in [1.29, 1.82) is 0 Å². The Balaban J connectivity index is 1.83. The molecular weight excluding hydrogens is 332 g/mol. The van der Waals surface area contributed by atoms with E-state index in [9.17, 15) is 4.79 Å². The summed E-state index contributed by atoms with van der Waals surface area (Å²) in [5.74, 6) is 0.812. The number of nitrogens with one attached hydrogen (secondary N) is 2. The zero-order valence-corrected chi connectivity index (χ0v) is 16.1. The number of benzene rings is 1. The first-order valence-corrected chi connectivity index (χ1v) is 9.17. The molecule has 5 nitrogen and oxygen atoms in total. The van der Waals surface area contributed by atoms with E-state index >= 15 is 0 Å². The quantitative estimate of drug-likeness (QED) is 0.617. The number of aliphatic imine (C=N–C) groups is 1. The first-order valence-electron chi connectivity index (χ1n) is 8.29. The molecule has 0 spiro atoms. The molecule has 0 fully saturated rings. The van der Waals surface area contributed by atoms with Gasteiger partial charge in [-0.05, 0) is 48.1 Å². The van der Waals surface area contributed by atoms with Gasteiger partial charge in [-0.2, -0.15) is 0 Å². The molecule has 1 heterocycles. The van der Waals surface area contributed by atoms with Gasteiger partial charge < -0.3 is 15.5 Å². The lowest BCUT2D eigenvalue weighted by molar-refractivity contribution is 0.0827. The number of thiophene rings is 1. The SMILES string of the molecule is CN=C(NCCc1cccc(C(=O)N(C)C)c1)NCc1sccc1C. The zero-order valence-electron chi connectivity index (χ0n) is 15.3. The van der Waals surface area contributed by atoms with Gasteiger partial charge in [0.25, 0.3) is 5.91 Å². The molecule has 0 aliphatic rings. The molecular formula is C19H26N4OS. The predicted molar refractivity (Wildman–Crippen MR) is 105 cm³/mol. The summed E-state index contributed by atoms with van der Waals surface area (Å²) in [7, 11) is 5.30. The van der Waals surface area contributed by atoms with E-state index < -0.39 is 0 Å². The van der Waals surface area contributed by atoms with E-state index in [0.29, 0.717) is 0 Å². The number of amides is 1. The van der Waals surface area contributed by atoms with E-state index in [1.54, 1.807) is 37.4 Å². The number of hydrogen-bond donors (Lipinski definition) is 2. The van der Waals surface area contributed by atoms with Crippen LogP contribution in [-0.2, 0) is 13.0 Å². The van der Waals surface area contributed by atoms with Crippen LogP contribution < -0.4 is 10.6 Å². The van der Waals surface area contributed by atoms with Gasteiger partial charge >= 0.3 is 0 Å². The number of rotatable bonds is 6. The van der Waals surface area contributed by atoms with Crippen molar-refractivity contribution in [3.8, 4) is 0 Å². The first-order chi connectivity index (χ1) is 12.0. The largest absolute Gasteiger partial charge is 0.356 e. The van der Waals surface area contributed by atoms with Crippen LogP contribution in [-0.4, -0.2) is 44.5 Å². The van der Waals surface area contributed by atoms with Crippen LogP contribution in [0, 0.1) is 6.92 Å². The Morgan fingerprint density at radius 2 is 2.04 bits per heavy atom. The summed E-state index contributed by atoms with van der Waals surface area (Å²) in [6.45, 7) is 3.64. The highest BCUT2D eigenvalue weighted by molar-refractivity contribution is 7.10. The van der Waals surface area contributed by atoms with Crippen molar-refractivity contribution < 1.29 is 4.79 Å². The van der Waals surface area contributed by atoms with Gasteiger partial charge in [0.05, 0.1) is 6.54 Å². The number of guanidine groups is 1. The Kier molecular flexibility index (Phi) is 7.01. The summed E-state index contributed by atoms with van der Waals surface area (Å²) in [6, 6.07) is 9.90. The van der Waals surface area contributed by atoms with Crippen LogP contribution >= 0.6 is 11.3 Å². The van der Waals surface area contributed by atoms with E-state index in [1.807, 2.05) is 24.3 Å². The van der Waals surface area contributed by atoms with E-state index in [-0.39, 0.29) is 5.91 Å². The van der Waals surface area contributed by atoms with Gasteiger partial charge in [-0.15, -0.1) is 11.3 Å². The second-order valence-electron chi connectivity index (χ2n) is 6.03. The third-order valence-electron chi connectivity index (χ3n) is 3.89. The highest BCUT2D eigenvalue weighted by atomic mass is 32.1. The fourth-order valence-corrected chi connectivity index (χ4v) is 3.26. The van der Waals surface area contributed by atoms with Gasteiger partial charge in [0.1, 0.15) is 0 Å². The maximum Gasteiger partial charge on any atom is 0.253 e. The maximum absolute atomic E-state index is 12.0. The number of hydrogen-bond acceptors (Lipinski definition) is 3. The summed E-state index contributed by atoms with van der Waals surface area (Å²) >= 11 is 1.75. The second-order valence-corrected chi connectivity index (χ2v) is 7.03. The van der Waals surface area contributed by atoms with Gasteiger partial charge in [0.2, 0.25) is 0 Å². The van der Waals surface area contributed by atoms with Gasteiger partial charge in [-0.25, -0.2) is 0 Å². The van der Waals surface area contributed by atoms with Crippen molar-refractivity contribution in [2.75, 3.05) is 27.7 Å². The van der Waals surface area contributed by atoms with Crippen molar-refractivity contribution in [1.82, 2.24) is 15.5 Å². The normalized spacial score (nSPS) is 11.3. The summed E-state index contributed by atoms with van der Waals surface area (Å²) in [6.07, 6.45) is 0.827. The van der Waals surface area contributed by atoms with E-state index in [0.717, 1.165) is 36.6 Å². The van der Waals surface area contributed by atoms with E-state index in [1.165, 1.54) is 10.4 Å². The maximum atomic E-state index is 12.0. The van der Waals surface area contributed by atoms with Crippen LogP contribution in [0.3, 0.4) is 0 Å². The number of nitrogens with zero attached hydrogens (tertiary/aromatic N) is 2. The molecule has 0 bridgehead atoms. The number of carbonyl (C=O) groups excluding carboxylic acids is 1. The van der Waals surface area contributed by atoms with Crippen LogP contribution in [0.2, 0.25) is 0 Å². The van der Waals surface area contributed by atoms with Crippen molar-refractivity contribution in [2.24, 2.45) is 4.99 Å². The Labute approximate surface area is 153 Å². The molecule has 2 rings (SSSR count). The molecule has 2 aromatic rings. The van der Waals surface area contributed by atoms with Crippen LogP contribution in [0.25, 0.3) is 0 Å². The van der Waals surface area contributed by atoms with E-state index in [2.05, 4.69) is 34.0 Å². The molecule has 1 aromatic carbocycles. The minimum Gasteiger partial charge on any atom is -0.356 e. The highest BCUT2D eigenvalue weighted by Crippen LogP contribution is 2.14. The lowest BCUT2D eigenvalue weighted by atomic mass is 10.1. The molecule has 25 heavy (non-hydrogen) atoms. The van der Waals surface area contributed by atoms with Crippen LogP contribution in [0.15, 0.2) is 40.7 Å². The molecule has 1 amide bonds. The Bertz CT molecular complexity index is 737. The van der Waals surface area contributed by atoms with Crippen LogP contribution in [0.1, 0.15) is 26.4 Å². The molecule has 6 heteroatoms. The summed E-state index contributed by atoms with van der Waals surface area (Å²) in [5.41, 5.74) is 3.15. The van der Waals surface area contributed by atoms with Gasteiger partial charge in [-0.1, -0.05) is 12.1 Å². The van der Waals surface area contributed by atoms with Gasteiger partial charge in [0, 0.05) is 38.1 Å². The molecule has 0 unspecified atom stereocenters. The summed E-state index contributed by atoms with van der Waals surface area (Å²) in [5, 5.41) is 8.75. The molecule has 2 N–H and O–H groups in total. The lowest BCUT2D eigenvalue weighted by Gasteiger charge is -2.13. The van der Waals surface area contributed by atoms with Crippen LogP contribution in [0.4, 0.5) is 0 Å². The summed E-state index contributed by atoms with van der Waals surface area (Å²) in [4.78, 5) is 19.2. The Morgan fingerprint density at radius 3 is 2.68 bits per heavy atom. The zero-order chi connectivity index (χ0) is 18.2. The molecule has 0 saturated heterocycles. The number of carbonyl (C=O) groups is 1. The third kappa shape index (κ3) is 5.60.